The number of methoxy groups -OCH3 is 1. The first-order valence-corrected chi connectivity index (χ1v) is 4.98. The minimum Gasteiger partial charge on any atom is -0.497 e. The molecule has 0 heterocycles. The molecular formula is C13H24O. The molecule has 0 atom stereocenters. The summed E-state index contributed by atoms with van der Waals surface area (Å²) in [6.45, 7) is 18.0. The largest absolute Gasteiger partial charge is 0.497 e. The number of hydrogen-bond donors (Lipinski definition) is 0. The third-order valence-corrected chi connectivity index (χ3v) is 1.70. The lowest BCUT2D eigenvalue weighted by atomic mass is 9.87. The van der Waals surface area contributed by atoms with Crippen LogP contribution in [0.25, 0.3) is 0 Å². The van der Waals surface area contributed by atoms with Gasteiger partial charge in [0, 0.05) is 0 Å². The van der Waals surface area contributed by atoms with Crippen molar-refractivity contribution in [3.05, 3.63) is 36.6 Å². The maximum absolute atomic E-state index is 4.89. The van der Waals surface area contributed by atoms with Crippen molar-refractivity contribution >= 4 is 0 Å². The first-order chi connectivity index (χ1) is 6.38. The summed E-state index contributed by atoms with van der Waals surface area (Å²) in [6, 6.07) is 0. The van der Waals surface area contributed by atoms with Crippen LogP contribution in [0.3, 0.4) is 0 Å². The Hall–Kier alpha value is -0.980. The molecule has 0 aromatic heterocycles. The summed E-state index contributed by atoms with van der Waals surface area (Å²) in [5.41, 5.74) is 1.19. The van der Waals surface area contributed by atoms with Crippen LogP contribution in [-0.2, 0) is 4.74 Å². The maximum atomic E-state index is 4.89. The zero-order valence-corrected chi connectivity index (χ0v) is 10.5. The van der Waals surface area contributed by atoms with Crippen molar-refractivity contribution in [1.29, 1.82) is 0 Å². The molecule has 0 bridgehead atoms. The van der Waals surface area contributed by atoms with Gasteiger partial charge in [-0.15, -0.1) is 0 Å². The summed E-state index contributed by atoms with van der Waals surface area (Å²) < 4.78 is 4.89. The second kappa shape index (κ2) is 7.43. The van der Waals surface area contributed by atoms with Crippen LogP contribution in [0.5, 0.6) is 0 Å². The van der Waals surface area contributed by atoms with Crippen LogP contribution in [-0.4, -0.2) is 7.11 Å². The van der Waals surface area contributed by atoms with Gasteiger partial charge in [0.05, 0.1) is 7.11 Å². The van der Waals surface area contributed by atoms with E-state index in [0.29, 0.717) is 5.76 Å². The van der Waals surface area contributed by atoms with Gasteiger partial charge in [0.2, 0.25) is 0 Å². The second-order valence-electron chi connectivity index (χ2n) is 3.78. The van der Waals surface area contributed by atoms with E-state index in [1.54, 1.807) is 7.11 Å². The first kappa shape index (κ1) is 15.5. The fraction of sp³-hybridized carbons (Fsp3) is 0.538. The third-order valence-electron chi connectivity index (χ3n) is 1.70. The predicted molar refractivity (Wildman–Crippen MR) is 65.2 cm³/mol. The lowest BCUT2D eigenvalue weighted by Gasteiger charge is -2.18. The molecule has 0 rings (SSSR count). The van der Waals surface area contributed by atoms with E-state index in [1.807, 2.05) is 26.0 Å². The van der Waals surface area contributed by atoms with E-state index >= 15 is 0 Å². The molecule has 14 heavy (non-hydrogen) atoms. The van der Waals surface area contributed by atoms with Crippen molar-refractivity contribution in [3.63, 3.8) is 0 Å². The van der Waals surface area contributed by atoms with Gasteiger partial charge in [-0.2, -0.15) is 0 Å². The van der Waals surface area contributed by atoms with E-state index in [0.717, 1.165) is 5.57 Å². The van der Waals surface area contributed by atoms with Crippen molar-refractivity contribution in [1.82, 2.24) is 0 Å². The molecule has 0 saturated heterocycles. The van der Waals surface area contributed by atoms with Gasteiger partial charge in [0.25, 0.3) is 0 Å². The average Bonchev–Trinajstić information content (AvgIpc) is 2.15. The van der Waals surface area contributed by atoms with Crippen molar-refractivity contribution in [2.24, 2.45) is 5.41 Å². The van der Waals surface area contributed by atoms with Gasteiger partial charge in [-0.3, -0.25) is 0 Å². The van der Waals surface area contributed by atoms with Crippen molar-refractivity contribution in [2.75, 3.05) is 7.11 Å². The van der Waals surface area contributed by atoms with Gasteiger partial charge < -0.3 is 4.74 Å². The first-order valence-electron chi connectivity index (χ1n) is 4.98. The molecule has 0 saturated carbocycles. The molecule has 82 valence electrons. The lowest BCUT2D eigenvalue weighted by Crippen LogP contribution is -2.05. The highest BCUT2D eigenvalue weighted by molar-refractivity contribution is 5.25. The molecule has 1 nitrogen and oxygen atoms in total. The predicted octanol–water partition coefficient (Wildman–Crippen LogP) is 4.33. The molecule has 0 aliphatic rings. The lowest BCUT2D eigenvalue weighted by molar-refractivity contribution is 0.308. The van der Waals surface area contributed by atoms with E-state index in [-0.39, 0.29) is 5.41 Å². The highest BCUT2D eigenvalue weighted by Crippen LogP contribution is 2.24. The van der Waals surface area contributed by atoms with Gasteiger partial charge in [-0.05, 0) is 17.1 Å². The average molecular weight is 196 g/mol. The molecule has 0 N–H and O–H groups in total. The Bertz CT molecular complexity index is 204. The Morgan fingerprint density at radius 2 is 1.50 bits per heavy atom. The summed E-state index contributed by atoms with van der Waals surface area (Å²) in [4.78, 5) is 0. The van der Waals surface area contributed by atoms with Crippen LogP contribution in [0, 0.1) is 5.41 Å². The van der Waals surface area contributed by atoms with E-state index in [2.05, 4.69) is 33.9 Å². The highest BCUT2D eigenvalue weighted by Gasteiger charge is 2.11. The number of hydrogen-bond acceptors (Lipinski definition) is 1. The van der Waals surface area contributed by atoms with E-state index in [4.69, 9.17) is 4.74 Å². The molecule has 0 spiro atoms. The molecule has 0 aliphatic carbocycles. The summed E-state index contributed by atoms with van der Waals surface area (Å²) in [7, 11) is 1.60. The quantitative estimate of drug-likeness (QED) is 0.482. The fourth-order valence-electron chi connectivity index (χ4n) is 0.512. The van der Waals surface area contributed by atoms with Crippen LogP contribution in [0.1, 0.15) is 34.6 Å². The van der Waals surface area contributed by atoms with Crippen molar-refractivity contribution < 1.29 is 4.74 Å². The maximum Gasteiger partial charge on any atom is 0.111 e. The normalized spacial score (nSPS) is 10.4. The van der Waals surface area contributed by atoms with Crippen LogP contribution in [0.15, 0.2) is 36.6 Å². The molecule has 0 unspecified atom stereocenters. The Labute approximate surface area is 89.2 Å². The molecule has 1 heteroatoms. The zero-order chi connectivity index (χ0) is 11.8. The standard InChI is InChI=1S/C11H18O.C2H6/c1-9(11(3,4)5)7-8-10(2)12-6;1-2/h7-8H,1-2H2,3-6H3;1-2H3/b8-7-;. The van der Waals surface area contributed by atoms with Gasteiger partial charge in [0.15, 0.2) is 0 Å². The Balaban J connectivity index is 0. The number of rotatable bonds is 3. The topological polar surface area (TPSA) is 9.23 Å². The summed E-state index contributed by atoms with van der Waals surface area (Å²) in [5.74, 6) is 0.653. The minimum atomic E-state index is 0.116. The molecular weight excluding hydrogens is 172 g/mol. The number of allylic oxidation sites excluding steroid dienone is 3. The third kappa shape index (κ3) is 7.66. The SMILES string of the molecule is C=C(/C=C\C(=C)C(C)(C)C)OC.CC. The Morgan fingerprint density at radius 3 is 1.79 bits per heavy atom. The summed E-state index contributed by atoms with van der Waals surface area (Å²) >= 11 is 0. The highest BCUT2D eigenvalue weighted by atomic mass is 16.5. The van der Waals surface area contributed by atoms with Crippen molar-refractivity contribution in [2.45, 2.75) is 34.6 Å². The summed E-state index contributed by atoms with van der Waals surface area (Å²) in [5, 5.41) is 0. The van der Waals surface area contributed by atoms with Crippen LogP contribution in [0.2, 0.25) is 0 Å². The van der Waals surface area contributed by atoms with Gasteiger partial charge in [-0.1, -0.05) is 53.9 Å². The van der Waals surface area contributed by atoms with Gasteiger partial charge >= 0.3 is 0 Å². The molecule has 0 aromatic rings. The van der Waals surface area contributed by atoms with Gasteiger partial charge in [-0.25, -0.2) is 0 Å². The Morgan fingerprint density at radius 1 is 1.07 bits per heavy atom. The Kier molecular flexibility index (Phi) is 8.22. The van der Waals surface area contributed by atoms with Crippen LogP contribution in [0.4, 0.5) is 0 Å². The smallest absolute Gasteiger partial charge is 0.111 e. The molecule has 0 amide bonds. The molecule has 0 aromatic carbocycles. The minimum absolute atomic E-state index is 0.116. The molecule has 0 radical (unpaired) electrons. The van der Waals surface area contributed by atoms with E-state index < -0.39 is 0 Å². The monoisotopic (exact) mass is 196 g/mol. The fourth-order valence-corrected chi connectivity index (χ4v) is 0.512. The second-order valence-corrected chi connectivity index (χ2v) is 3.78. The van der Waals surface area contributed by atoms with Crippen LogP contribution >= 0.6 is 0 Å². The van der Waals surface area contributed by atoms with Crippen LogP contribution < -0.4 is 0 Å². The van der Waals surface area contributed by atoms with Crippen molar-refractivity contribution in [3.8, 4) is 0 Å². The van der Waals surface area contributed by atoms with Gasteiger partial charge in [0.1, 0.15) is 5.76 Å². The van der Waals surface area contributed by atoms with E-state index in [1.165, 1.54) is 0 Å². The number of ether oxygens (including phenoxy) is 1. The zero-order valence-electron chi connectivity index (χ0n) is 10.5. The molecule has 0 aliphatic heterocycles. The van der Waals surface area contributed by atoms with E-state index in [9.17, 15) is 0 Å². The summed E-state index contributed by atoms with van der Waals surface area (Å²) in [6.07, 6.45) is 3.76. The molecule has 0 fully saturated rings.